The topological polar surface area (TPSA) is 76.2 Å². The first kappa shape index (κ1) is 13.8. The van der Waals surface area contributed by atoms with Gasteiger partial charge in [-0.15, -0.1) is 0 Å². The van der Waals surface area contributed by atoms with Crippen molar-refractivity contribution in [2.45, 2.75) is 38.8 Å². The van der Waals surface area contributed by atoms with Gasteiger partial charge in [-0.1, -0.05) is 0 Å². The van der Waals surface area contributed by atoms with Gasteiger partial charge in [0.15, 0.2) is 0 Å². The average Bonchev–Trinajstić information content (AvgIpc) is 2.72. The molecule has 0 atom stereocenters. The highest BCUT2D eigenvalue weighted by atomic mass is 16.6. The molecule has 106 valence electrons. The fourth-order valence-electron chi connectivity index (χ4n) is 2.47. The van der Waals surface area contributed by atoms with Gasteiger partial charge in [0.25, 0.3) is 0 Å². The number of likely N-dealkylation sites (tertiary alicyclic amines) is 1. The lowest BCUT2D eigenvalue weighted by Crippen LogP contribution is -2.42. The average molecular weight is 267 g/mol. The highest BCUT2D eigenvalue weighted by molar-refractivity contribution is 5.52. The Hall–Kier alpha value is -1.63. The second kappa shape index (κ2) is 5.56. The van der Waals surface area contributed by atoms with Crippen molar-refractivity contribution < 1.29 is 4.92 Å². The van der Waals surface area contributed by atoms with Gasteiger partial charge >= 0.3 is 5.82 Å². The van der Waals surface area contributed by atoms with Gasteiger partial charge in [-0.2, -0.15) is 0 Å². The Labute approximate surface area is 112 Å². The number of nitro groups is 1. The first-order chi connectivity index (χ1) is 8.99. The molecule has 2 heterocycles. The summed E-state index contributed by atoms with van der Waals surface area (Å²) in [6.07, 6.45) is 3.48. The van der Waals surface area contributed by atoms with Crippen LogP contribution in [0.5, 0.6) is 0 Å². The van der Waals surface area contributed by atoms with E-state index in [1.165, 1.54) is 6.33 Å². The van der Waals surface area contributed by atoms with E-state index in [4.69, 9.17) is 0 Å². The normalized spacial score (nSPS) is 17.9. The highest BCUT2D eigenvalue weighted by Gasteiger charge is 2.26. The maximum Gasteiger partial charge on any atom is 0.406 e. The van der Waals surface area contributed by atoms with Gasteiger partial charge in [0, 0.05) is 32.2 Å². The molecule has 0 amide bonds. The lowest BCUT2D eigenvalue weighted by atomic mass is 10.0. The van der Waals surface area contributed by atoms with Crippen LogP contribution >= 0.6 is 0 Å². The standard InChI is InChI=1S/C12H21N5O2/c1-9(2)16-6-4-10(5-7-16)14-12-11(17(18)19)13-8-15(12)3/h8-10,14H,4-7H2,1-3H3. The van der Waals surface area contributed by atoms with E-state index >= 15 is 0 Å². The van der Waals surface area contributed by atoms with Crippen LogP contribution in [0.4, 0.5) is 11.6 Å². The summed E-state index contributed by atoms with van der Waals surface area (Å²) in [5.74, 6) is 0.418. The molecule has 1 N–H and O–H groups in total. The van der Waals surface area contributed by atoms with Crippen molar-refractivity contribution in [1.29, 1.82) is 0 Å². The first-order valence-corrected chi connectivity index (χ1v) is 6.65. The van der Waals surface area contributed by atoms with E-state index in [0.29, 0.717) is 11.9 Å². The van der Waals surface area contributed by atoms with Crippen molar-refractivity contribution in [3.63, 3.8) is 0 Å². The van der Waals surface area contributed by atoms with Crippen LogP contribution < -0.4 is 5.32 Å². The predicted octanol–water partition coefficient (Wildman–Crippen LogP) is 1.61. The number of nitrogens with zero attached hydrogens (tertiary/aromatic N) is 4. The molecule has 2 rings (SSSR count). The Morgan fingerprint density at radius 1 is 1.47 bits per heavy atom. The third-order valence-electron chi connectivity index (χ3n) is 3.69. The second-order valence-electron chi connectivity index (χ2n) is 5.33. The molecule has 0 spiro atoms. The molecule has 1 aliphatic rings. The van der Waals surface area contributed by atoms with E-state index in [9.17, 15) is 10.1 Å². The molecule has 1 aliphatic heterocycles. The Morgan fingerprint density at radius 2 is 2.11 bits per heavy atom. The molecule has 0 aromatic carbocycles. The molecule has 19 heavy (non-hydrogen) atoms. The van der Waals surface area contributed by atoms with Gasteiger partial charge < -0.3 is 20.3 Å². The first-order valence-electron chi connectivity index (χ1n) is 6.65. The van der Waals surface area contributed by atoms with Crippen molar-refractivity contribution in [2.24, 2.45) is 7.05 Å². The Morgan fingerprint density at radius 3 is 2.63 bits per heavy atom. The van der Waals surface area contributed by atoms with Crippen LogP contribution in [-0.2, 0) is 7.05 Å². The molecule has 0 bridgehead atoms. The minimum Gasteiger partial charge on any atom is -0.361 e. The van der Waals surface area contributed by atoms with E-state index in [1.807, 2.05) is 0 Å². The maximum atomic E-state index is 10.9. The second-order valence-corrected chi connectivity index (χ2v) is 5.33. The molecule has 1 saturated heterocycles. The molecule has 1 aromatic heterocycles. The molecule has 0 radical (unpaired) electrons. The van der Waals surface area contributed by atoms with Crippen LogP contribution in [0.15, 0.2) is 6.33 Å². The summed E-state index contributed by atoms with van der Waals surface area (Å²) in [6, 6.07) is 0.844. The fraction of sp³-hybridized carbons (Fsp3) is 0.750. The number of hydrogen-bond acceptors (Lipinski definition) is 5. The number of anilines is 1. The molecule has 7 nitrogen and oxygen atoms in total. The summed E-state index contributed by atoms with van der Waals surface area (Å²) in [6.45, 7) is 6.45. The zero-order valence-electron chi connectivity index (χ0n) is 11.7. The van der Waals surface area contributed by atoms with Gasteiger partial charge in [0.05, 0.1) is 0 Å². The minimum absolute atomic E-state index is 0.0891. The van der Waals surface area contributed by atoms with Gasteiger partial charge in [-0.3, -0.25) is 4.57 Å². The number of rotatable bonds is 4. The fourth-order valence-corrected chi connectivity index (χ4v) is 2.47. The number of aromatic nitrogens is 2. The number of hydrogen-bond donors (Lipinski definition) is 1. The summed E-state index contributed by atoms with van der Waals surface area (Å²) in [5.41, 5.74) is 0. The third kappa shape index (κ3) is 3.04. The lowest BCUT2D eigenvalue weighted by molar-refractivity contribution is -0.388. The smallest absolute Gasteiger partial charge is 0.361 e. The van der Waals surface area contributed by atoms with Crippen LogP contribution in [0, 0.1) is 10.1 Å². The lowest BCUT2D eigenvalue weighted by Gasteiger charge is -2.35. The van der Waals surface area contributed by atoms with Crippen molar-refractivity contribution in [2.75, 3.05) is 18.4 Å². The Bertz CT molecular complexity index is 449. The molecule has 1 aromatic rings. The van der Waals surface area contributed by atoms with Crippen LogP contribution in [0.2, 0.25) is 0 Å². The molecule has 0 saturated carbocycles. The predicted molar refractivity (Wildman–Crippen MR) is 73.2 cm³/mol. The van der Waals surface area contributed by atoms with E-state index in [0.717, 1.165) is 25.9 Å². The molecular formula is C12H21N5O2. The summed E-state index contributed by atoms with van der Waals surface area (Å²) in [5, 5.41) is 14.2. The molecule has 0 unspecified atom stereocenters. The van der Waals surface area contributed by atoms with Gasteiger partial charge in [-0.05, 0) is 36.6 Å². The Kier molecular flexibility index (Phi) is 4.04. The van der Waals surface area contributed by atoms with E-state index < -0.39 is 4.92 Å². The maximum absolute atomic E-state index is 10.9. The van der Waals surface area contributed by atoms with Crippen molar-refractivity contribution in [3.05, 3.63) is 16.4 Å². The monoisotopic (exact) mass is 267 g/mol. The summed E-state index contributed by atoms with van der Waals surface area (Å²) < 4.78 is 1.67. The molecular weight excluding hydrogens is 246 g/mol. The van der Waals surface area contributed by atoms with Crippen molar-refractivity contribution in [3.8, 4) is 0 Å². The van der Waals surface area contributed by atoms with Crippen LogP contribution in [0.1, 0.15) is 26.7 Å². The molecule has 1 fully saturated rings. The SMILES string of the molecule is CC(C)N1CCC(Nc2c([N+](=O)[O-])ncn2C)CC1. The van der Waals surface area contributed by atoms with Crippen molar-refractivity contribution in [1.82, 2.24) is 14.5 Å². The van der Waals surface area contributed by atoms with E-state index in [2.05, 4.69) is 29.0 Å². The number of nitrogens with one attached hydrogen (secondary N) is 1. The molecule has 7 heteroatoms. The number of aryl methyl sites for hydroxylation is 1. The van der Waals surface area contributed by atoms with Gasteiger partial charge in [-0.25, -0.2) is 0 Å². The highest BCUT2D eigenvalue weighted by Crippen LogP contribution is 2.24. The van der Waals surface area contributed by atoms with Gasteiger partial charge in [0.1, 0.15) is 0 Å². The minimum atomic E-state index is -0.439. The zero-order valence-corrected chi connectivity index (χ0v) is 11.7. The summed E-state index contributed by atoms with van der Waals surface area (Å²) >= 11 is 0. The van der Waals surface area contributed by atoms with Crippen LogP contribution in [-0.4, -0.2) is 44.5 Å². The van der Waals surface area contributed by atoms with Crippen LogP contribution in [0.25, 0.3) is 0 Å². The number of imidazole rings is 1. The Balaban J connectivity index is 1.99. The zero-order chi connectivity index (χ0) is 14.0. The van der Waals surface area contributed by atoms with Crippen LogP contribution in [0.3, 0.4) is 0 Å². The third-order valence-corrected chi connectivity index (χ3v) is 3.69. The number of piperidine rings is 1. The largest absolute Gasteiger partial charge is 0.406 e. The quantitative estimate of drug-likeness (QED) is 0.662. The summed E-state index contributed by atoms with van der Waals surface area (Å²) in [7, 11) is 1.77. The molecule has 0 aliphatic carbocycles. The van der Waals surface area contributed by atoms with Crippen molar-refractivity contribution >= 4 is 11.6 Å². The van der Waals surface area contributed by atoms with E-state index in [1.54, 1.807) is 11.6 Å². The van der Waals surface area contributed by atoms with Gasteiger partial charge in [0.2, 0.25) is 12.1 Å². The summed E-state index contributed by atoms with van der Waals surface area (Å²) in [4.78, 5) is 16.7. The van der Waals surface area contributed by atoms with E-state index in [-0.39, 0.29) is 11.9 Å².